The molecular weight excluding hydrogens is 646 g/mol. The number of nitrogens with one attached hydrogen (secondary N) is 2. The van der Waals surface area contributed by atoms with Crippen LogP contribution in [0.4, 0.5) is 17.1 Å². The third kappa shape index (κ3) is 6.72. The van der Waals surface area contributed by atoms with Gasteiger partial charge in [0.05, 0.1) is 15.5 Å². The molecule has 19 heteroatoms. The molecular formula is C25H19N3O13S3. The quantitative estimate of drug-likeness (QED) is 0.103. The van der Waals surface area contributed by atoms with Crippen molar-refractivity contribution in [1.29, 1.82) is 0 Å². The molecule has 0 atom stereocenters. The summed E-state index contributed by atoms with van der Waals surface area (Å²) in [7, 11) is -15.7. The van der Waals surface area contributed by atoms with Crippen molar-refractivity contribution in [3.63, 3.8) is 0 Å². The van der Waals surface area contributed by atoms with Crippen LogP contribution in [-0.4, -0.2) is 55.6 Å². The third-order valence-corrected chi connectivity index (χ3v) is 8.80. The molecule has 4 rings (SSSR count). The van der Waals surface area contributed by atoms with Gasteiger partial charge in [0.25, 0.3) is 47.9 Å². The van der Waals surface area contributed by atoms with E-state index in [2.05, 4.69) is 10.6 Å². The Bertz CT molecular complexity index is 2230. The van der Waals surface area contributed by atoms with Crippen LogP contribution >= 0.6 is 0 Å². The molecule has 0 aromatic heterocycles. The third-order valence-electron chi connectivity index (χ3n) is 6.18. The molecule has 0 aliphatic carbocycles. The number of carbonyl (C=O) groups is 2. The number of carbonyl (C=O) groups excluding carboxylic acids is 2. The van der Waals surface area contributed by atoms with Gasteiger partial charge in [0.15, 0.2) is 0 Å². The largest absolute Gasteiger partial charge is 0.322 e. The van der Waals surface area contributed by atoms with Crippen LogP contribution in [0.1, 0.15) is 26.3 Å². The highest BCUT2D eigenvalue weighted by Crippen LogP contribution is 2.37. The summed E-state index contributed by atoms with van der Waals surface area (Å²) in [5.41, 5.74) is -0.412. The summed E-state index contributed by atoms with van der Waals surface area (Å²) < 4.78 is 101. The maximum atomic E-state index is 13.3. The van der Waals surface area contributed by atoms with Crippen molar-refractivity contribution in [3.05, 3.63) is 93.5 Å². The molecule has 16 nitrogen and oxygen atoms in total. The van der Waals surface area contributed by atoms with Gasteiger partial charge < -0.3 is 10.6 Å². The van der Waals surface area contributed by atoms with E-state index < -0.39 is 78.2 Å². The Morgan fingerprint density at radius 1 is 0.705 bits per heavy atom. The van der Waals surface area contributed by atoms with Crippen molar-refractivity contribution in [1.82, 2.24) is 0 Å². The highest BCUT2D eigenvalue weighted by Gasteiger charge is 2.27. The number of hydrogen-bond donors (Lipinski definition) is 5. The summed E-state index contributed by atoms with van der Waals surface area (Å²) in [5, 5.41) is 14.4. The molecule has 0 unspecified atom stereocenters. The maximum absolute atomic E-state index is 13.3. The molecule has 0 saturated carbocycles. The summed E-state index contributed by atoms with van der Waals surface area (Å²) >= 11 is 0. The van der Waals surface area contributed by atoms with E-state index >= 15 is 0 Å². The number of nitro groups is 1. The molecule has 44 heavy (non-hydrogen) atoms. The van der Waals surface area contributed by atoms with Crippen molar-refractivity contribution in [2.24, 2.45) is 0 Å². The highest BCUT2D eigenvalue weighted by molar-refractivity contribution is 7.87. The van der Waals surface area contributed by atoms with Gasteiger partial charge in [0, 0.05) is 39.7 Å². The fourth-order valence-corrected chi connectivity index (χ4v) is 6.16. The Kier molecular flexibility index (Phi) is 8.30. The number of nitro benzene ring substituents is 1. The van der Waals surface area contributed by atoms with Crippen LogP contribution in [0.5, 0.6) is 0 Å². The van der Waals surface area contributed by atoms with Gasteiger partial charge in [-0.2, -0.15) is 25.3 Å². The minimum Gasteiger partial charge on any atom is -0.322 e. The van der Waals surface area contributed by atoms with Gasteiger partial charge in [-0.1, -0.05) is 12.1 Å². The molecule has 230 valence electrons. The second kappa shape index (κ2) is 11.4. The zero-order chi connectivity index (χ0) is 32.8. The fraction of sp³-hybridized carbons (Fsp3) is 0.0400. The minimum absolute atomic E-state index is 0.0548. The summed E-state index contributed by atoms with van der Waals surface area (Å²) in [5.74, 6) is -1.70. The molecule has 0 heterocycles. The predicted octanol–water partition coefficient (Wildman–Crippen LogP) is 3.30. The van der Waals surface area contributed by atoms with Crippen LogP contribution < -0.4 is 10.6 Å². The summed E-state index contributed by atoms with van der Waals surface area (Å²) in [6.07, 6.45) is 0. The lowest BCUT2D eigenvalue weighted by molar-refractivity contribution is -0.384. The Morgan fingerprint density at radius 3 is 1.86 bits per heavy atom. The van der Waals surface area contributed by atoms with Crippen LogP contribution in [0.3, 0.4) is 0 Å². The van der Waals surface area contributed by atoms with Gasteiger partial charge in [-0.25, -0.2) is 0 Å². The predicted molar refractivity (Wildman–Crippen MR) is 154 cm³/mol. The molecule has 0 fully saturated rings. The van der Waals surface area contributed by atoms with Crippen LogP contribution in [0.25, 0.3) is 10.8 Å². The van der Waals surface area contributed by atoms with Crippen molar-refractivity contribution in [2.45, 2.75) is 21.6 Å². The summed E-state index contributed by atoms with van der Waals surface area (Å²) in [6.45, 7) is 1.58. The zero-order valence-corrected chi connectivity index (χ0v) is 24.4. The molecule has 4 aromatic rings. The average Bonchev–Trinajstić information content (AvgIpc) is 2.92. The van der Waals surface area contributed by atoms with Gasteiger partial charge >= 0.3 is 0 Å². The number of anilines is 2. The molecule has 0 radical (unpaired) electrons. The fourth-order valence-electron chi connectivity index (χ4n) is 4.12. The zero-order valence-electron chi connectivity index (χ0n) is 21.9. The van der Waals surface area contributed by atoms with E-state index in [9.17, 15) is 58.6 Å². The first-order valence-corrected chi connectivity index (χ1v) is 16.1. The van der Waals surface area contributed by atoms with E-state index in [1.165, 1.54) is 36.4 Å². The topological polar surface area (TPSA) is 264 Å². The van der Waals surface area contributed by atoms with E-state index in [4.69, 9.17) is 0 Å². The van der Waals surface area contributed by atoms with Crippen molar-refractivity contribution in [2.75, 3.05) is 10.6 Å². The molecule has 5 N–H and O–H groups in total. The first-order chi connectivity index (χ1) is 20.3. The number of aryl methyl sites for hydroxylation is 1. The Hall–Kier alpha value is -4.79. The number of hydrogen-bond acceptors (Lipinski definition) is 10. The lowest BCUT2D eigenvalue weighted by atomic mass is 10.1. The van der Waals surface area contributed by atoms with Crippen LogP contribution in [-0.2, 0) is 30.4 Å². The van der Waals surface area contributed by atoms with E-state index in [0.717, 1.165) is 12.1 Å². The van der Waals surface area contributed by atoms with Crippen molar-refractivity contribution >= 4 is 70.0 Å². The van der Waals surface area contributed by atoms with Gasteiger partial charge in [0.2, 0.25) is 0 Å². The summed E-state index contributed by atoms with van der Waals surface area (Å²) in [6, 6.07) is 11.3. The normalized spacial score (nSPS) is 12.1. The van der Waals surface area contributed by atoms with E-state index in [0.29, 0.717) is 23.8 Å². The van der Waals surface area contributed by atoms with Gasteiger partial charge in [0.1, 0.15) is 9.79 Å². The first kappa shape index (κ1) is 32.1. The second-order valence-electron chi connectivity index (χ2n) is 9.13. The molecule has 2 amide bonds. The Morgan fingerprint density at radius 2 is 1.30 bits per heavy atom. The molecule has 4 aromatic carbocycles. The Balaban J connectivity index is 1.80. The SMILES string of the molecule is Cc1ccc(C(=O)Nc2ccc(S(=O)(=O)O)c3cc(S(=O)(=O)O)cc(S(=O)(=O)O)c23)cc1NC(=O)c1cccc([N+](=O)[O-])c1. The Labute approximate surface area is 248 Å². The van der Waals surface area contributed by atoms with Crippen LogP contribution in [0.2, 0.25) is 0 Å². The number of fused-ring (bicyclic) bond motifs is 1. The van der Waals surface area contributed by atoms with Gasteiger partial charge in [-0.05, 0) is 55.0 Å². The first-order valence-electron chi connectivity index (χ1n) is 11.8. The van der Waals surface area contributed by atoms with E-state index in [1.807, 2.05) is 0 Å². The maximum Gasteiger partial charge on any atom is 0.295 e. The van der Waals surface area contributed by atoms with E-state index in [1.54, 1.807) is 6.92 Å². The number of non-ortho nitro benzene ring substituents is 1. The number of nitrogens with zero attached hydrogens (tertiary/aromatic N) is 1. The molecule has 0 bridgehead atoms. The minimum atomic E-state index is -5.35. The number of amides is 2. The van der Waals surface area contributed by atoms with Crippen LogP contribution in [0.15, 0.2) is 81.4 Å². The number of rotatable bonds is 8. The molecule has 0 saturated heterocycles. The second-order valence-corrected chi connectivity index (χ2v) is 13.3. The van der Waals surface area contributed by atoms with Crippen molar-refractivity contribution < 1.29 is 53.4 Å². The van der Waals surface area contributed by atoms with Crippen molar-refractivity contribution in [3.8, 4) is 0 Å². The smallest absolute Gasteiger partial charge is 0.295 e. The lowest BCUT2D eigenvalue weighted by Gasteiger charge is -2.16. The summed E-state index contributed by atoms with van der Waals surface area (Å²) in [4.78, 5) is 33.0. The highest BCUT2D eigenvalue weighted by atomic mass is 32.2. The van der Waals surface area contributed by atoms with Gasteiger partial charge in [-0.3, -0.25) is 33.4 Å². The molecule has 0 spiro atoms. The van der Waals surface area contributed by atoms with E-state index in [-0.39, 0.29) is 22.5 Å². The van der Waals surface area contributed by atoms with Gasteiger partial charge in [-0.15, -0.1) is 0 Å². The molecule has 0 aliphatic heterocycles. The standard InChI is InChI=1S/C25H19N3O13S3/c1-13-5-6-15(10-20(13)27-24(29)14-3-2-4-16(9-14)28(31)32)25(30)26-19-7-8-21(43(36,37)38)18-11-17(42(33,34)35)12-22(23(18)19)44(39,40)41/h2-12H,1H3,(H,26,30)(H,27,29)(H,33,34,35)(H,36,37,38)(H,39,40,41). The van der Waals surface area contributed by atoms with Crippen LogP contribution in [0, 0.1) is 17.0 Å². The monoisotopic (exact) mass is 665 g/mol. The average molecular weight is 666 g/mol. The lowest BCUT2D eigenvalue weighted by Crippen LogP contribution is -2.16. The number of benzene rings is 4. The molecule has 0 aliphatic rings.